The van der Waals surface area contributed by atoms with Crippen LogP contribution in [0.1, 0.15) is 43.1 Å². The molecule has 0 atom stereocenters. The van der Waals surface area contributed by atoms with Crippen LogP contribution in [0.4, 0.5) is 0 Å². The van der Waals surface area contributed by atoms with E-state index in [9.17, 15) is 4.79 Å². The van der Waals surface area contributed by atoms with E-state index in [1.807, 2.05) is 24.3 Å². The first kappa shape index (κ1) is 11.0. The van der Waals surface area contributed by atoms with Gasteiger partial charge in [-0.3, -0.25) is 4.79 Å². The highest BCUT2D eigenvalue weighted by molar-refractivity contribution is 5.74. The normalized spacial score (nSPS) is 11.4. The molecule has 0 aliphatic heterocycles. The zero-order chi connectivity index (χ0) is 10.6. The topological polar surface area (TPSA) is 17.1 Å². The predicted molar refractivity (Wildman–Crippen MR) is 59.6 cm³/mol. The summed E-state index contributed by atoms with van der Waals surface area (Å²) in [4.78, 5) is 10.5. The average molecular weight is 190 g/mol. The van der Waals surface area contributed by atoms with E-state index in [4.69, 9.17) is 0 Å². The molecule has 0 unspecified atom stereocenters. The molecule has 1 heteroatoms. The molecule has 0 aromatic heterocycles. The molecule has 0 N–H and O–H groups in total. The van der Waals surface area contributed by atoms with Crippen LogP contribution in [0.15, 0.2) is 24.3 Å². The second-order valence-electron chi connectivity index (χ2n) is 4.55. The van der Waals surface area contributed by atoms with Crippen molar-refractivity contribution in [3.63, 3.8) is 0 Å². The van der Waals surface area contributed by atoms with Crippen LogP contribution in [0.3, 0.4) is 0 Å². The Morgan fingerprint density at radius 3 is 2.21 bits per heavy atom. The molecular weight excluding hydrogens is 172 g/mol. The Morgan fingerprint density at radius 1 is 1.21 bits per heavy atom. The summed E-state index contributed by atoms with van der Waals surface area (Å²) >= 11 is 0. The van der Waals surface area contributed by atoms with Crippen molar-refractivity contribution in [1.82, 2.24) is 0 Å². The lowest BCUT2D eigenvalue weighted by atomic mass is 9.83. The van der Waals surface area contributed by atoms with Crippen LogP contribution in [-0.4, -0.2) is 6.29 Å². The molecule has 0 saturated carbocycles. The minimum absolute atomic E-state index is 0.350. The van der Waals surface area contributed by atoms with Crippen LogP contribution in [0.25, 0.3) is 0 Å². The van der Waals surface area contributed by atoms with Crippen LogP contribution in [0.2, 0.25) is 0 Å². The fourth-order valence-corrected chi connectivity index (χ4v) is 1.39. The molecule has 1 aromatic carbocycles. The van der Waals surface area contributed by atoms with Crippen molar-refractivity contribution in [2.45, 2.75) is 33.6 Å². The van der Waals surface area contributed by atoms with Gasteiger partial charge in [0.1, 0.15) is 6.29 Å². The highest BCUT2D eigenvalue weighted by Gasteiger charge is 2.15. The Morgan fingerprint density at radius 2 is 1.79 bits per heavy atom. The quantitative estimate of drug-likeness (QED) is 0.664. The summed E-state index contributed by atoms with van der Waals surface area (Å²) in [6.07, 6.45) is 3.12. The van der Waals surface area contributed by atoms with Crippen molar-refractivity contribution >= 4 is 6.29 Å². The Hall–Kier alpha value is -1.11. The van der Waals surface area contributed by atoms with Gasteiger partial charge in [-0.2, -0.15) is 0 Å². The smallest absolute Gasteiger partial charge is 0.150 e. The molecule has 0 bridgehead atoms. The molecule has 1 rings (SSSR count). The van der Waals surface area contributed by atoms with E-state index in [0.717, 1.165) is 18.3 Å². The SMILES string of the molecule is CCC(C)(C)Cc1ccc(C=O)cc1. The van der Waals surface area contributed by atoms with Gasteiger partial charge in [0.2, 0.25) is 0 Å². The van der Waals surface area contributed by atoms with Gasteiger partial charge in [0.25, 0.3) is 0 Å². The molecule has 1 nitrogen and oxygen atoms in total. The summed E-state index contributed by atoms with van der Waals surface area (Å²) in [7, 11) is 0. The Kier molecular flexibility index (Phi) is 3.45. The fourth-order valence-electron chi connectivity index (χ4n) is 1.39. The molecule has 0 amide bonds. The third kappa shape index (κ3) is 2.99. The van der Waals surface area contributed by atoms with Crippen LogP contribution < -0.4 is 0 Å². The van der Waals surface area contributed by atoms with E-state index < -0.39 is 0 Å². The van der Waals surface area contributed by atoms with Crippen LogP contribution in [-0.2, 0) is 6.42 Å². The van der Waals surface area contributed by atoms with Crippen molar-refractivity contribution < 1.29 is 4.79 Å². The number of aldehydes is 1. The summed E-state index contributed by atoms with van der Waals surface area (Å²) in [6.45, 7) is 6.74. The Labute approximate surface area is 86.1 Å². The third-order valence-electron chi connectivity index (χ3n) is 2.76. The lowest BCUT2D eigenvalue weighted by molar-refractivity contribution is 0.112. The number of benzene rings is 1. The molecule has 0 spiro atoms. The van der Waals surface area contributed by atoms with Crippen molar-refractivity contribution in [2.24, 2.45) is 5.41 Å². The zero-order valence-corrected chi connectivity index (χ0v) is 9.21. The number of hydrogen-bond acceptors (Lipinski definition) is 1. The van der Waals surface area contributed by atoms with Crippen LogP contribution in [0, 0.1) is 5.41 Å². The van der Waals surface area contributed by atoms with Gasteiger partial charge in [0, 0.05) is 5.56 Å². The summed E-state index contributed by atoms with van der Waals surface area (Å²) < 4.78 is 0. The van der Waals surface area contributed by atoms with E-state index in [1.165, 1.54) is 12.0 Å². The summed E-state index contributed by atoms with van der Waals surface area (Å²) in [6, 6.07) is 7.85. The average Bonchev–Trinajstić information content (AvgIpc) is 2.19. The van der Waals surface area contributed by atoms with Crippen LogP contribution in [0.5, 0.6) is 0 Å². The summed E-state index contributed by atoms with van der Waals surface area (Å²) in [5, 5.41) is 0. The maximum atomic E-state index is 10.5. The van der Waals surface area contributed by atoms with Gasteiger partial charge in [0.15, 0.2) is 0 Å². The Balaban J connectivity index is 2.73. The van der Waals surface area contributed by atoms with E-state index >= 15 is 0 Å². The Bertz CT molecular complexity index is 296. The zero-order valence-electron chi connectivity index (χ0n) is 9.21. The lowest BCUT2D eigenvalue weighted by Gasteiger charge is -2.22. The molecule has 1 aromatic rings. The monoisotopic (exact) mass is 190 g/mol. The second-order valence-corrected chi connectivity index (χ2v) is 4.55. The van der Waals surface area contributed by atoms with Gasteiger partial charge >= 0.3 is 0 Å². The first-order valence-electron chi connectivity index (χ1n) is 5.11. The van der Waals surface area contributed by atoms with Crippen LogP contribution >= 0.6 is 0 Å². The van der Waals surface area contributed by atoms with Gasteiger partial charge in [-0.05, 0) is 17.4 Å². The molecule has 76 valence electrons. The molecule has 0 radical (unpaired) electrons. The maximum Gasteiger partial charge on any atom is 0.150 e. The van der Waals surface area contributed by atoms with Gasteiger partial charge in [0.05, 0.1) is 0 Å². The number of carbonyl (C=O) groups is 1. The molecule has 0 fully saturated rings. The van der Waals surface area contributed by atoms with Crippen molar-refractivity contribution in [3.8, 4) is 0 Å². The van der Waals surface area contributed by atoms with E-state index in [-0.39, 0.29) is 0 Å². The van der Waals surface area contributed by atoms with Gasteiger partial charge in [-0.1, -0.05) is 51.5 Å². The number of rotatable bonds is 4. The molecule has 0 aliphatic carbocycles. The van der Waals surface area contributed by atoms with Gasteiger partial charge < -0.3 is 0 Å². The number of hydrogen-bond donors (Lipinski definition) is 0. The maximum absolute atomic E-state index is 10.5. The highest BCUT2D eigenvalue weighted by Crippen LogP contribution is 2.25. The third-order valence-corrected chi connectivity index (χ3v) is 2.76. The highest BCUT2D eigenvalue weighted by atomic mass is 16.1. The van der Waals surface area contributed by atoms with Crippen molar-refractivity contribution in [1.29, 1.82) is 0 Å². The van der Waals surface area contributed by atoms with E-state index in [1.54, 1.807) is 0 Å². The minimum Gasteiger partial charge on any atom is -0.298 e. The molecular formula is C13H18O. The fraction of sp³-hybridized carbons (Fsp3) is 0.462. The van der Waals surface area contributed by atoms with Crippen molar-refractivity contribution in [2.75, 3.05) is 0 Å². The first-order valence-corrected chi connectivity index (χ1v) is 5.11. The van der Waals surface area contributed by atoms with E-state index in [2.05, 4.69) is 20.8 Å². The number of carbonyl (C=O) groups excluding carboxylic acids is 1. The lowest BCUT2D eigenvalue weighted by Crippen LogP contribution is -2.13. The van der Waals surface area contributed by atoms with E-state index in [0.29, 0.717) is 5.41 Å². The largest absolute Gasteiger partial charge is 0.298 e. The molecule has 0 aliphatic rings. The molecule has 0 saturated heterocycles. The summed E-state index contributed by atoms with van der Waals surface area (Å²) in [5.74, 6) is 0. The standard InChI is InChI=1S/C13H18O/c1-4-13(2,3)9-11-5-7-12(10-14)8-6-11/h5-8,10H,4,9H2,1-3H3. The molecule has 14 heavy (non-hydrogen) atoms. The summed E-state index contributed by atoms with van der Waals surface area (Å²) in [5.41, 5.74) is 2.41. The van der Waals surface area contributed by atoms with Crippen molar-refractivity contribution in [3.05, 3.63) is 35.4 Å². The minimum atomic E-state index is 0.350. The molecule has 0 heterocycles. The van der Waals surface area contributed by atoms with Gasteiger partial charge in [-0.15, -0.1) is 0 Å². The predicted octanol–water partition coefficient (Wildman–Crippen LogP) is 3.48. The second kappa shape index (κ2) is 4.41. The van der Waals surface area contributed by atoms with Gasteiger partial charge in [-0.25, -0.2) is 0 Å². The first-order chi connectivity index (χ1) is 6.57.